The molecule has 0 amide bonds. The van der Waals surface area contributed by atoms with Crippen molar-refractivity contribution in [2.75, 3.05) is 0 Å². The molecule has 0 unspecified atom stereocenters. The quantitative estimate of drug-likeness (QED) is 0.609. The number of hydrogen-bond donors (Lipinski definition) is 0. The summed E-state index contributed by atoms with van der Waals surface area (Å²) >= 11 is 5.65. The Morgan fingerprint density at radius 2 is 2.07 bits per heavy atom. The zero-order valence-corrected chi connectivity index (χ0v) is 10.1. The lowest BCUT2D eigenvalue weighted by atomic mass is 10.0. The van der Waals surface area contributed by atoms with E-state index in [9.17, 15) is 8.42 Å². The first-order valence-electron chi connectivity index (χ1n) is 3.95. The molecule has 0 saturated carbocycles. The van der Waals surface area contributed by atoms with E-state index in [2.05, 4.69) is 0 Å². The molecule has 15 heavy (non-hydrogen) atoms. The fraction of sp³-hybridized carbons (Fsp3) is 0.222. The highest BCUT2D eigenvalue weighted by molar-refractivity contribution is 8.13. The monoisotopic (exact) mass is 263 g/mol. The largest absolute Gasteiger partial charge is 0.261 e. The van der Waals surface area contributed by atoms with E-state index < -0.39 is 9.05 Å². The summed E-state index contributed by atoms with van der Waals surface area (Å²) < 4.78 is 22.3. The van der Waals surface area contributed by atoms with Gasteiger partial charge in [-0.25, -0.2) is 8.42 Å². The van der Waals surface area contributed by atoms with E-state index in [1.165, 1.54) is 12.1 Å². The van der Waals surface area contributed by atoms with Crippen molar-refractivity contribution < 1.29 is 8.42 Å². The molecule has 1 aromatic rings. The van der Waals surface area contributed by atoms with Crippen molar-refractivity contribution in [2.24, 2.45) is 0 Å². The first-order valence-corrected chi connectivity index (χ1v) is 6.79. The Hall–Kier alpha value is -0.760. The highest BCUT2D eigenvalue weighted by atomic mass is 35.7. The van der Waals surface area contributed by atoms with Gasteiger partial charge in [-0.3, -0.25) is 0 Å². The van der Waals surface area contributed by atoms with E-state index in [1.807, 2.05) is 6.07 Å². The molecule has 0 bridgehead atoms. The fourth-order valence-electron chi connectivity index (χ4n) is 1.28. The molecule has 0 fully saturated rings. The number of nitrogens with zero attached hydrogens (tertiary/aromatic N) is 1. The van der Waals surface area contributed by atoms with Crippen molar-refractivity contribution in [3.8, 4) is 6.07 Å². The normalized spacial score (nSPS) is 11.1. The van der Waals surface area contributed by atoms with E-state index in [1.54, 1.807) is 6.92 Å². The van der Waals surface area contributed by atoms with Crippen LogP contribution in [0.5, 0.6) is 0 Å². The van der Waals surface area contributed by atoms with Gasteiger partial charge in [-0.05, 0) is 30.2 Å². The standard InChI is InChI=1S/C9H7Cl2NO2S/c1-6-8(4-10)7(5-12)2-3-9(6)15(11,13)14/h2-3H,4H2,1H3. The van der Waals surface area contributed by atoms with Gasteiger partial charge in [-0.1, -0.05) is 0 Å². The average Bonchev–Trinajstić information content (AvgIpc) is 2.15. The van der Waals surface area contributed by atoms with E-state index in [0.717, 1.165) is 0 Å². The van der Waals surface area contributed by atoms with Crippen LogP contribution in [-0.2, 0) is 14.9 Å². The molecule has 0 N–H and O–H groups in total. The summed E-state index contributed by atoms with van der Waals surface area (Å²) in [6.07, 6.45) is 0. The SMILES string of the molecule is Cc1c(S(=O)(=O)Cl)ccc(C#N)c1CCl. The fourth-order valence-corrected chi connectivity index (χ4v) is 2.84. The summed E-state index contributed by atoms with van der Waals surface area (Å²) in [6.45, 7) is 1.58. The molecule has 6 heteroatoms. The second kappa shape index (κ2) is 4.40. The number of rotatable bonds is 2. The van der Waals surface area contributed by atoms with Gasteiger partial charge in [0, 0.05) is 16.6 Å². The van der Waals surface area contributed by atoms with Crippen LogP contribution < -0.4 is 0 Å². The molecule has 0 radical (unpaired) electrons. The molecule has 0 saturated heterocycles. The van der Waals surface area contributed by atoms with Gasteiger partial charge >= 0.3 is 0 Å². The van der Waals surface area contributed by atoms with Crippen molar-refractivity contribution in [3.05, 3.63) is 28.8 Å². The molecule has 80 valence electrons. The van der Waals surface area contributed by atoms with Crippen LogP contribution in [0, 0.1) is 18.3 Å². The molecular weight excluding hydrogens is 257 g/mol. The van der Waals surface area contributed by atoms with Gasteiger partial charge in [-0.2, -0.15) is 5.26 Å². The third-order valence-electron chi connectivity index (χ3n) is 2.07. The Bertz CT molecular complexity index is 532. The van der Waals surface area contributed by atoms with Crippen molar-refractivity contribution in [3.63, 3.8) is 0 Å². The molecule has 1 aromatic carbocycles. The minimum atomic E-state index is -3.79. The van der Waals surface area contributed by atoms with Crippen LogP contribution >= 0.6 is 22.3 Å². The smallest absolute Gasteiger partial charge is 0.207 e. The van der Waals surface area contributed by atoms with Crippen LogP contribution in [0.3, 0.4) is 0 Å². The summed E-state index contributed by atoms with van der Waals surface area (Å²) in [6, 6.07) is 4.66. The Morgan fingerprint density at radius 3 is 2.47 bits per heavy atom. The van der Waals surface area contributed by atoms with Crippen LogP contribution in [0.25, 0.3) is 0 Å². The lowest BCUT2D eigenvalue weighted by Gasteiger charge is -2.08. The van der Waals surface area contributed by atoms with Gasteiger partial charge in [0.05, 0.1) is 16.5 Å². The van der Waals surface area contributed by atoms with E-state index in [4.69, 9.17) is 27.5 Å². The van der Waals surface area contributed by atoms with Crippen molar-refractivity contribution in [1.82, 2.24) is 0 Å². The average molecular weight is 264 g/mol. The first kappa shape index (κ1) is 12.3. The molecule has 0 aromatic heterocycles. The second-order valence-corrected chi connectivity index (χ2v) is 5.70. The van der Waals surface area contributed by atoms with Gasteiger partial charge in [0.2, 0.25) is 0 Å². The van der Waals surface area contributed by atoms with E-state index >= 15 is 0 Å². The highest BCUT2D eigenvalue weighted by Crippen LogP contribution is 2.26. The summed E-state index contributed by atoms with van der Waals surface area (Å²) in [5, 5.41) is 8.78. The minimum Gasteiger partial charge on any atom is -0.207 e. The Labute approximate surface area is 97.7 Å². The van der Waals surface area contributed by atoms with Crippen molar-refractivity contribution >= 4 is 31.3 Å². The Morgan fingerprint density at radius 1 is 1.47 bits per heavy atom. The molecule has 0 atom stereocenters. The predicted octanol–water partition coefficient (Wildman–Crippen LogP) is 2.53. The summed E-state index contributed by atoms with van der Waals surface area (Å²) in [5.41, 5.74) is 1.30. The molecular formula is C9H7Cl2NO2S. The highest BCUT2D eigenvalue weighted by Gasteiger charge is 2.17. The number of hydrogen-bond acceptors (Lipinski definition) is 3. The molecule has 0 heterocycles. The second-order valence-electron chi connectivity index (χ2n) is 2.90. The number of alkyl halides is 1. The van der Waals surface area contributed by atoms with Crippen molar-refractivity contribution in [1.29, 1.82) is 5.26 Å². The molecule has 1 rings (SSSR count). The maximum absolute atomic E-state index is 11.2. The van der Waals surface area contributed by atoms with Crippen LogP contribution in [0.15, 0.2) is 17.0 Å². The third kappa shape index (κ3) is 2.43. The van der Waals surface area contributed by atoms with Crippen LogP contribution in [0.2, 0.25) is 0 Å². The summed E-state index contributed by atoms with van der Waals surface area (Å²) in [5.74, 6) is 0.0783. The topological polar surface area (TPSA) is 57.9 Å². The lowest BCUT2D eigenvalue weighted by Crippen LogP contribution is -2.00. The molecule has 0 spiro atoms. The molecule has 0 aliphatic carbocycles. The number of benzene rings is 1. The minimum absolute atomic E-state index is 0.00110. The lowest BCUT2D eigenvalue weighted by molar-refractivity contribution is 0.609. The maximum atomic E-state index is 11.2. The first-order chi connectivity index (χ1) is 6.91. The predicted molar refractivity (Wildman–Crippen MR) is 58.5 cm³/mol. The van der Waals surface area contributed by atoms with E-state index in [0.29, 0.717) is 16.7 Å². The molecule has 0 aliphatic heterocycles. The van der Waals surface area contributed by atoms with Gasteiger partial charge in [0.25, 0.3) is 9.05 Å². The van der Waals surface area contributed by atoms with Crippen molar-refractivity contribution in [2.45, 2.75) is 17.7 Å². The molecule has 3 nitrogen and oxygen atoms in total. The van der Waals surface area contributed by atoms with Crippen LogP contribution in [0.1, 0.15) is 16.7 Å². The summed E-state index contributed by atoms with van der Waals surface area (Å²) in [4.78, 5) is -0.00110. The number of halogens is 2. The van der Waals surface area contributed by atoms with E-state index in [-0.39, 0.29) is 10.8 Å². The Kier molecular flexibility index (Phi) is 3.61. The zero-order valence-electron chi connectivity index (χ0n) is 7.79. The van der Waals surface area contributed by atoms with Gasteiger partial charge in [0.15, 0.2) is 0 Å². The zero-order chi connectivity index (χ0) is 11.6. The third-order valence-corrected chi connectivity index (χ3v) is 3.80. The summed E-state index contributed by atoms with van der Waals surface area (Å²) in [7, 11) is 1.45. The maximum Gasteiger partial charge on any atom is 0.261 e. The van der Waals surface area contributed by atoms with Gasteiger partial charge in [0.1, 0.15) is 0 Å². The molecule has 0 aliphatic rings. The number of nitriles is 1. The van der Waals surface area contributed by atoms with Gasteiger partial charge in [-0.15, -0.1) is 11.6 Å². The Balaban J connectivity index is 3.59. The van der Waals surface area contributed by atoms with Crippen LogP contribution in [0.4, 0.5) is 0 Å². The van der Waals surface area contributed by atoms with Gasteiger partial charge < -0.3 is 0 Å². The van der Waals surface area contributed by atoms with Crippen LogP contribution in [-0.4, -0.2) is 8.42 Å².